The van der Waals surface area contributed by atoms with Crippen LogP contribution in [0.15, 0.2) is 48.5 Å². The first-order valence-corrected chi connectivity index (χ1v) is 12.8. The van der Waals surface area contributed by atoms with Gasteiger partial charge in [-0.25, -0.2) is 0 Å². The van der Waals surface area contributed by atoms with Crippen LogP contribution in [0.5, 0.6) is 0 Å². The molecule has 39 heavy (non-hydrogen) atoms. The molecule has 0 spiro atoms. The van der Waals surface area contributed by atoms with Crippen LogP contribution in [0.1, 0.15) is 30.4 Å². The molecule has 0 saturated carbocycles. The van der Waals surface area contributed by atoms with Gasteiger partial charge in [0.05, 0.1) is 11.1 Å². The molecule has 0 bridgehead atoms. The van der Waals surface area contributed by atoms with Crippen LogP contribution in [-0.4, -0.2) is 74.0 Å². The van der Waals surface area contributed by atoms with Gasteiger partial charge in [-0.05, 0) is 42.8 Å². The van der Waals surface area contributed by atoms with Crippen LogP contribution in [0.2, 0.25) is 0 Å². The zero-order chi connectivity index (χ0) is 28.2. The predicted molar refractivity (Wildman–Crippen MR) is 134 cm³/mol. The molecule has 0 radical (unpaired) electrons. The lowest BCUT2D eigenvalue weighted by atomic mass is 10.1. The zero-order valence-corrected chi connectivity index (χ0v) is 21.3. The molecule has 2 aromatic carbocycles. The highest BCUT2D eigenvalue weighted by Crippen LogP contribution is 2.33. The number of nitrogens with zero attached hydrogens (tertiary/aromatic N) is 4. The third-order valence-corrected chi connectivity index (χ3v) is 7.12. The Morgan fingerprint density at radius 2 is 0.949 bits per heavy atom. The van der Waals surface area contributed by atoms with E-state index in [4.69, 9.17) is 0 Å². The lowest BCUT2D eigenvalue weighted by Crippen LogP contribution is -2.49. The van der Waals surface area contributed by atoms with E-state index in [0.717, 1.165) is 24.3 Å². The second-order valence-corrected chi connectivity index (χ2v) is 9.69. The molecule has 0 unspecified atom stereocenters. The Hall–Kier alpha value is -3.44. The van der Waals surface area contributed by atoms with Gasteiger partial charge in [-0.2, -0.15) is 26.3 Å². The number of anilines is 2. The minimum Gasteiger partial charge on any atom is -0.368 e. The van der Waals surface area contributed by atoms with E-state index < -0.39 is 23.5 Å². The van der Waals surface area contributed by atoms with Gasteiger partial charge in [0.1, 0.15) is 0 Å². The largest absolute Gasteiger partial charge is 0.416 e. The van der Waals surface area contributed by atoms with E-state index in [1.165, 1.54) is 12.1 Å². The number of hydrogen-bond acceptors (Lipinski definition) is 4. The average Bonchev–Trinajstić information content (AvgIpc) is 2.92. The number of amides is 2. The fraction of sp³-hybridized carbons (Fsp3) is 0.481. The topological polar surface area (TPSA) is 47.1 Å². The quantitative estimate of drug-likeness (QED) is 0.476. The number of piperazine rings is 2. The van der Waals surface area contributed by atoms with E-state index in [1.807, 2.05) is 9.80 Å². The minimum atomic E-state index is -4.42. The van der Waals surface area contributed by atoms with Crippen molar-refractivity contribution < 1.29 is 35.9 Å². The second kappa shape index (κ2) is 11.7. The van der Waals surface area contributed by atoms with Crippen molar-refractivity contribution in [2.75, 3.05) is 62.2 Å². The monoisotopic (exact) mass is 556 g/mol. The van der Waals surface area contributed by atoms with Crippen LogP contribution >= 0.6 is 0 Å². The summed E-state index contributed by atoms with van der Waals surface area (Å²) in [6.07, 6.45) is -8.07. The zero-order valence-electron chi connectivity index (χ0n) is 21.3. The maximum absolute atomic E-state index is 13.0. The summed E-state index contributed by atoms with van der Waals surface area (Å²) in [5.41, 5.74) is -0.480. The third-order valence-electron chi connectivity index (χ3n) is 7.12. The SMILES string of the molecule is O=C(CCCC(=O)N1CCN(c2cccc(C(F)(F)F)c2)CC1)N1CCN(c2cccc(C(F)(F)F)c2)CC1. The fourth-order valence-corrected chi connectivity index (χ4v) is 4.89. The van der Waals surface area contributed by atoms with Crippen LogP contribution in [0, 0.1) is 0 Å². The molecule has 2 amide bonds. The normalized spacial score (nSPS) is 17.0. The molecule has 2 aliphatic heterocycles. The third kappa shape index (κ3) is 7.36. The summed E-state index contributed by atoms with van der Waals surface area (Å²) >= 11 is 0. The van der Waals surface area contributed by atoms with Crippen molar-refractivity contribution in [2.45, 2.75) is 31.6 Å². The number of halogens is 6. The summed E-state index contributed by atoms with van der Waals surface area (Å²) in [5.74, 6) is -0.193. The molecule has 212 valence electrons. The van der Waals surface area contributed by atoms with Gasteiger partial charge < -0.3 is 19.6 Å². The van der Waals surface area contributed by atoms with Crippen LogP contribution in [-0.2, 0) is 21.9 Å². The van der Waals surface area contributed by atoms with E-state index in [9.17, 15) is 35.9 Å². The van der Waals surface area contributed by atoms with Gasteiger partial charge in [0.15, 0.2) is 0 Å². The Labute approximate surface area is 222 Å². The maximum atomic E-state index is 13.0. The van der Waals surface area contributed by atoms with Gasteiger partial charge in [-0.3, -0.25) is 9.59 Å². The van der Waals surface area contributed by atoms with Gasteiger partial charge in [0.2, 0.25) is 11.8 Å². The predicted octanol–water partition coefficient (Wildman–Crippen LogP) is 4.89. The van der Waals surface area contributed by atoms with E-state index in [2.05, 4.69) is 0 Å². The van der Waals surface area contributed by atoms with Crippen molar-refractivity contribution >= 4 is 23.2 Å². The highest BCUT2D eigenvalue weighted by Gasteiger charge is 2.32. The van der Waals surface area contributed by atoms with Crippen LogP contribution in [0.25, 0.3) is 0 Å². The Morgan fingerprint density at radius 3 is 1.28 bits per heavy atom. The number of hydrogen-bond donors (Lipinski definition) is 0. The van der Waals surface area contributed by atoms with Crippen LogP contribution in [0.4, 0.5) is 37.7 Å². The summed E-state index contributed by atoms with van der Waals surface area (Å²) in [7, 11) is 0. The number of benzene rings is 2. The molecule has 0 N–H and O–H groups in total. The lowest BCUT2D eigenvalue weighted by Gasteiger charge is -2.37. The average molecular weight is 557 g/mol. The Morgan fingerprint density at radius 1 is 0.590 bits per heavy atom. The Kier molecular flexibility index (Phi) is 8.60. The summed E-state index contributed by atoms with van der Waals surface area (Å²) in [6, 6.07) is 10.3. The summed E-state index contributed by atoms with van der Waals surface area (Å²) in [5, 5.41) is 0. The van der Waals surface area contributed by atoms with Gasteiger partial charge in [0.25, 0.3) is 0 Å². The molecule has 0 atom stereocenters. The van der Waals surface area contributed by atoms with Gasteiger partial charge >= 0.3 is 12.4 Å². The van der Waals surface area contributed by atoms with E-state index in [1.54, 1.807) is 21.9 Å². The summed E-state index contributed by atoms with van der Waals surface area (Å²) < 4.78 is 78.0. The number of carbonyl (C=O) groups excluding carboxylic acids is 2. The van der Waals surface area contributed by atoms with Gasteiger partial charge in [0, 0.05) is 76.6 Å². The molecule has 6 nitrogen and oxygen atoms in total. The van der Waals surface area contributed by atoms with E-state index >= 15 is 0 Å². The van der Waals surface area contributed by atoms with Crippen molar-refractivity contribution in [3.63, 3.8) is 0 Å². The number of rotatable bonds is 6. The standard InChI is InChI=1S/C27H30F6N4O2/c28-26(29,30)20-4-1-6-22(18-20)34-10-14-36(15-11-34)24(38)8-3-9-25(39)37-16-12-35(13-17-37)23-7-2-5-21(19-23)27(31,32)33/h1-2,4-7,18-19H,3,8-17H2. The molecule has 0 aromatic heterocycles. The molecule has 2 heterocycles. The molecule has 2 aromatic rings. The Balaban J connectivity index is 1.17. The van der Waals surface area contributed by atoms with Gasteiger partial charge in [-0.1, -0.05) is 12.1 Å². The van der Waals surface area contributed by atoms with E-state index in [0.29, 0.717) is 70.2 Å². The van der Waals surface area contributed by atoms with Crippen molar-refractivity contribution in [3.05, 3.63) is 59.7 Å². The maximum Gasteiger partial charge on any atom is 0.416 e. The van der Waals surface area contributed by atoms with Crippen molar-refractivity contribution in [3.8, 4) is 0 Å². The lowest BCUT2D eigenvalue weighted by molar-refractivity contribution is -0.138. The first-order chi connectivity index (χ1) is 18.4. The first-order valence-electron chi connectivity index (χ1n) is 12.8. The summed E-state index contributed by atoms with van der Waals surface area (Å²) in [4.78, 5) is 32.2. The van der Waals surface area contributed by atoms with Crippen LogP contribution in [0.3, 0.4) is 0 Å². The molecular formula is C27H30F6N4O2. The van der Waals surface area contributed by atoms with Crippen molar-refractivity contribution in [1.82, 2.24) is 9.80 Å². The fourth-order valence-electron chi connectivity index (χ4n) is 4.89. The first kappa shape index (κ1) is 28.6. The number of alkyl halides is 6. The molecule has 2 aliphatic rings. The number of carbonyl (C=O) groups is 2. The Bertz CT molecular complexity index is 1060. The van der Waals surface area contributed by atoms with E-state index in [-0.39, 0.29) is 24.7 Å². The van der Waals surface area contributed by atoms with Crippen molar-refractivity contribution in [2.24, 2.45) is 0 Å². The molecule has 4 rings (SSSR count). The molecule has 2 saturated heterocycles. The van der Waals surface area contributed by atoms with Crippen LogP contribution < -0.4 is 9.80 Å². The molecular weight excluding hydrogens is 526 g/mol. The molecule has 2 fully saturated rings. The smallest absolute Gasteiger partial charge is 0.368 e. The van der Waals surface area contributed by atoms with Gasteiger partial charge in [-0.15, -0.1) is 0 Å². The summed E-state index contributed by atoms with van der Waals surface area (Å²) in [6.45, 7) is 3.23. The molecule has 12 heteroatoms. The highest BCUT2D eigenvalue weighted by molar-refractivity contribution is 5.79. The molecule has 0 aliphatic carbocycles. The second-order valence-electron chi connectivity index (χ2n) is 9.69. The minimum absolute atomic E-state index is 0.0964. The highest BCUT2D eigenvalue weighted by atomic mass is 19.4. The van der Waals surface area contributed by atoms with Crippen molar-refractivity contribution in [1.29, 1.82) is 0 Å².